The minimum atomic E-state index is -1.16. The standard InChI is InChI=1S/C13H23NSi/c1-5-11-14(15(2,3)4)12-13-9-7-6-8-10-13/h6-10H,5,11-12H2,1-4H3. The quantitative estimate of drug-likeness (QED) is 0.685. The van der Waals surface area contributed by atoms with Crippen molar-refractivity contribution in [3.05, 3.63) is 35.9 Å². The first kappa shape index (κ1) is 12.5. The van der Waals surface area contributed by atoms with Gasteiger partial charge in [0.2, 0.25) is 0 Å². The molecule has 1 aromatic carbocycles. The van der Waals surface area contributed by atoms with Gasteiger partial charge < -0.3 is 4.57 Å². The van der Waals surface area contributed by atoms with E-state index in [2.05, 4.69) is 61.5 Å². The summed E-state index contributed by atoms with van der Waals surface area (Å²) in [5, 5.41) is 0. The number of benzene rings is 1. The van der Waals surface area contributed by atoms with Crippen LogP contribution < -0.4 is 0 Å². The minimum Gasteiger partial charge on any atom is -0.320 e. The average molecular weight is 221 g/mol. The third-order valence-electron chi connectivity index (χ3n) is 2.66. The lowest BCUT2D eigenvalue weighted by Gasteiger charge is -2.33. The Labute approximate surface area is 95.2 Å². The number of rotatable bonds is 5. The molecule has 1 nitrogen and oxygen atoms in total. The van der Waals surface area contributed by atoms with Crippen molar-refractivity contribution >= 4 is 8.24 Å². The summed E-state index contributed by atoms with van der Waals surface area (Å²) < 4.78 is 2.67. The van der Waals surface area contributed by atoms with Crippen LogP contribution in [0.25, 0.3) is 0 Å². The Hall–Kier alpha value is -0.603. The van der Waals surface area contributed by atoms with Gasteiger partial charge in [0.1, 0.15) is 8.24 Å². The van der Waals surface area contributed by atoms with Crippen LogP contribution in [0, 0.1) is 0 Å². The van der Waals surface area contributed by atoms with E-state index in [4.69, 9.17) is 0 Å². The Kier molecular flexibility index (Phi) is 4.55. The molecule has 0 aliphatic rings. The number of nitrogens with zero attached hydrogens (tertiary/aromatic N) is 1. The lowest BCUT2D eigenvalue weighted by molar-refractivity contribution is 0.416. The van der Waals surface area contributed by atoms with Crippen LogP contribution >= 0.6 is 0 Å². The summed E-state index contributed by atoms with van der Waals surface area (Å²) in [6.07, 6.45) is 1.25. The van der Waals surface area contributed by atoms with Crippen molar-refractivity contribution in [2.75, 3.05) is 6.54 Å². The summed E-state index contributed by atoms with van der Waals surface area (Å²) in [5.41, 5.74) is 1.44. The monoisotopic (exact) mass is 221 g/mol. The van der Waals surface area contributed by atoms with Crippen molar-refractivity contribution in [3.63, 3.8) is 0 Å². The molecule has 0 radical (unpaired) electrons. The molecule has 0 aromatic heterocycles. The Morgan fingerprint density at radius 3 is 2.13 bits per heavy atom. The molecule has 0 spiro atoms. The molecule has 0 atom stereocenters. The Morgan fingerprint density at radius 2 is 1.67 bits per heavy atom. The fourth-order valence-corrected chi connectivity index (χ4v) is 3.28. The van der Waals surface area contributed by atoms with E-state index in [1.807, 2.05) is 0 Å². The van der Waals surface area contributed by atoms with Gasteiger partial charge in [0.25, 0.3) is 0 Å². The zero-order chi connectivity index (χ0) is 11.3. The predicted octanol–water partition coefficient (Wildman–Crippen LogP) is 3.73. The van der Waals surface area contributed by atoms with Crippen molar-refractivity contribution < 1.29 is 0 Å². The Morgan fingerprint density at radius 1 is 1.07 bits per heavy atom. The lowest BCUT2D eigenvalue weighted by Crippen LogP contribution is -2.45. The van der Waals surface area contributed by atoms with E-state index in [0.717, 1.165) is 6.54 Å². The van der Waals surface area contributed by atoms with Crippen LogP contribution in [0.4, 0.5) is 0 Å². The Bertz CT molecular complexity index is 276. The van der Waals surface area contributed by atoms with E-state index < -0.39 is 8.24 Å². The zero-order valence-corrected chi connectivity index (χ0v) is 11.5. The third-order valence-corrected chi connectivity index (χ3v) is 4.94. The van der Waals surface area contributed by atoms with Crippen molar-refractivity contribution in [1.29, 1.82) is 0 Å². The SMILES string of the molecule is CCCN(Cc1ccccc1)[Si](C)(C)C. The molecule has 0 fully saturated rings. The minimum absolute atomic E-state index is 1.12. The van der Waals surface area contributed by atoms with Crippen molar-refractivity contribution in [2.24, 2.45) is 0 Å². The van der Waals surface area contributed by atoms with E-state index >= 15 is 0 Å². The van der Waals surface area contributed by atoms with Crippen molar-refractivity contribution in [1.82, 2.24) is 4.57 Å². The normalized spacial score (nSPS) is 12.1. The van der Waals surface area contributed by atoms with Crippen LogP contribution in [-0.2, 0) is 6.54 Å². The molecule has 1 aromatic rings. The molecule has 0 bridgehead atoms. The average Bonchev–Trinajstić information content (AvgIpc) is 2.17. The van der Waals surface area contributed by atoms with Gasteiger partial charge in [0.05, 0.1) is 0 Å². The molecule has 0 saturated carbocycles. The molecule has 0 heterocycles. The van der Waals surface area contributed by atoms with Crippen LogP contribution in [-0.4, -0.2) is 19.3 Å². The van der Waals surface area contributed by atoms with Crippen LogP contribution in [0.15, 0.2) is 30.3 Å². The summed E-state index contributed by atoms with van der Waals surface area (Å²) in [6, 6.07) is 10.8. The molecule has 84 valence electrons. The highest BCUT2D eigenvalue weighted by atomic mass is 28.3. The van der Waals surface area contributed by atoms with Gasteiger partial charge in [0, 0.05) is 6.54 Å². The van der Waals surface area contributed by atoms with E-state index in [0.29, 0.717) is 0 Å². The molecule has 15 heavy (non-hydrogen) atoms. The predicted molar refractivity (Wildman–Crippen MR) is 70.5 cm³/mol. The van der Waals surface area contributed by atoms with Gasteiger partial charge in [-0.15, -0.1) is 0 Å². The van der Waals surface area contributed by atoms with Crippen LogP contribution in [0.2, 0.25) is 19.6 Å². The molecular formula is C13H23NSi. The van der Waals surface area contributed by atoms with Crippen LogP contribution in [0.5, 0.6) is 0 Å². The topological polar surface area (TPSA) is 3.24 Å². The highest BCUT2D eigenvalue weighted by Crippen LogP contribution is 2.14. The first-order chi connectivity index (χ1) is 7.04. The molecule has 2 heteroatoms. The Balaban J connectivity index is 2.67. The summed E-state index contributed by atoms with van der Waals surface area (Å²) in [4.78, 5) is 0. The highest BCUT2D eigenvalue weighted by Gasteiger charge is 2.22. The van der Waals surface area contributed by atoms with Crippen LogP contribution in [0.1, 0.15) is 18.9 Å². The van der Waals surface area contributed by atoms with E-state index in [-0.39, 0.29) is 0 Å². The second kappa shape index (κ2) is 5.47. The molecule has 0 N–H and O–H groups in total. The molecule has 0 unspecified atom stereocenters. The summed E-state index contributed by atoms with van der Waals surface area (Å²) in [7, 11) is -1.16. The number of hydrogen-bond donors (Lipinski definition) is 0. The van der Waals surface area contributed by atoms with Crippen molar-refractivity contribution in [3.8, 4) is 0 Å². The van der Waals surface area contributed by atoms with Gasteiger partial charge in [-0.25, -0.2) is 0 Å². The van der Waals surface area contributed by atoms with Gasteiger partial charge in [-0.05, 0) is 18.5 Å². The summed E-state index contributed by atoms with van der Waals surface area (Å²) in [6.45, 7) is 11.9. The molecule has 0 saturated heterocycles. The van der Waals surface area contributed by atoms with Crippen molar-refractivity contribution in [2.45, 2.75) is 39.5 Å². The fraction of sp³-hybridized carbons (Fsp3) is 0.538. The van der Waals surface area contributed by atoms with E-state index in [9.17, 15) is 0 Å². The second-order valence-corrected chi connectivity index (χ2v) is 10.1. The molecule has 0 aliphatic carbocycles. The lowest BCUT2D eigenvalue weighted by atomic mass is 10.2. The largest absolute Gasteiger partial charge is 0.320 e. The highest BCUT2D eigenvalue weighted by molar-refractivity contribution is 6.73. The summed E-state index contributed by atoms with van der Waals surface area (Å²) in [5.74, 6) is 0. The maximum absolute atomic E-state index is 2.67. The van der Waals surface area contributed by atoms with Gasteiger partial charge in [-0.1, -0.05) is 56.9 Å². The smallest absolute Gasteiger partial charge is 0.119 e. The molecule has 1 rings (SSSR count). The maximum atomic E-state index is 2.67. The van der Waals surface area contributed by atoms with E-state index in [1.165, 1.54) is 18.5 Å². The number of hydrogen-bond acceptors (Lipinski definition) is 1. The first-order valence-corrected chi connectivity index (χ1v) is 9.27. The molecule has 0 aliphatic heterocycles. The molecule has 0 amide bonds. The second-order valence-electron chi connectivity index (χ2n) is 5.08. The maximum Gasteiger partial charge on any atom is 0.119 e. The van der Waals surface area contributed by atoms with Gasteiger partial charge in [0.15, 0.2) is 0 Å². The summed E-state index contributed by atoms with van der Waals surface area (Å²) >= 11 is 0. The van der Waals surface area contributed by atoms with E-state index in [1.54, 1.807) is 0 Å². The fourth-order valence-electron chi connectivity index (χ4n) is 1.73. The van der Waals surface area contributed by atoms with Gasteiger partial charge >= 0.3 is 0 Å². The first-order valence-electron chi connectivity index (χ1n) is 5.83. The third kappa shape index (κ3) is 4.18. The van der Waals surface area contributed by atoms with Crippen LogP contribution in [0.3, 0.4) is 0 Å². The zero-order valence-electron chi connectivity index (χ0n) is 10.5. The van der Waals surface area contributed by atoms with Gasteiger partial charge in [-0.2, -0.15) is 0 Å². The van der Waals surface area contributed by atoms with Gasteiger partial charge in [-0.3, -0.25) is 0 Å². The molecular weight excluding hydrogens is 198 g/mol.